The second-order valence-electron chi connectivity index (χ2n) is 7.87. The number of fused-ring (bicyclic) bond motifs is 2. The lowest BCUT2D eigenvalue weighted by Gasteiger charge is -2.22. The van der Waals surface area contributed by atoms with Gasteiger partial charge in [0.05, 0.1) is 27.6 Å². The van der Waals surface area contributed by atoms with Crippen LogP contribution in [0.15, 0.2) is 42.7 Å². The van der Waals surface area contributed by atoms with Gasteiger partial charge in [-0.25, -0.2) is 9.97 Å². The number of halogens is 3. The fourth-order valence-corrected chi connectivity index (χ4v) is 5.12. The predicted molar refractivity (Wildman–Crippen MR) is 116 cm³/mol. The molecule has 1 fully saturated rings. The van der Waals surface area contributed by atoms with Gasteiger partial charge in [-0.2, -0.15) is 0 Å². The summed E-state index contributed by atoms with van der Waals surface area (Å²) in [6, 6.07) is 10.9. The Balaban J connectivity index is 1.34. The number of nitrogens with zero attached hydrogens (tertiary/aromatic N) is 3. The molecule has 1 saturated carbocycles. The number of thiazole rings is 1. The van der Waals surface area contributed by atoms with E-state index in [9.17, 15) is 13.2 Å². The van der Waals surface area contributed by atoms with Crippen molar-refractivity contribution in [3.63, 3.8) is 0 Å². The van der Waals surface area contributed by atoms with Gasteiger partial charge in [0.2, 0.25) is 0 Å². The molecule has 0 amide bonds. The van der Waals surface area contributed by atoms with Crippen LogP contribution in [0.5, 0.6) is 5.75 Å². The molecular formula is C22H21F3N4OS. The Morgan fingerprint density at radius 3 is 2.71 bits per heavy atom. The van der Waals surface area contributed by atoms with Crippen molar-refractivity contribution in [3.05, 3.63) is 48.3 Å². The first-order valence-corrected chi connectivity index (χ1v) is 11.1. The zero-order valence-electron chi connectivity index (χ0n) is 16.7. The van der Waals surface area contributed by atoms with Crippen LogP contribution in [0.3, 0.4) is 0 Å². The van der Waals surface area contributed by atoms with Crippen molar-refractivity contribution >= 4 is 37.7 Å². The van der Waals surface area contributed by atoms with Crippen LogP contribution < -0.4 is 10.1 Å². The highest BCUT2D eigenvalue weighted by atomic mass is 32.1. The Kier molecular flexibility index (Phi) is 5.21. The molecule has 2 aromatic carbocycles. The molecule has 0 aliphatic heterocycles. The van der Waals surface area contributed by atoms with E-state index in [0.717, 1.165) is 26.4 Å². The van der Waals surface area contributed by atoms with Gasteiger partial charge in [0.1, 0.15) is 5.75 Å². The van der Waals surface area contributed by atoms with Crippen LogP contribution in [0.1, 0.15) is 37.7 Å². The Labute approximate surface area is 180 Å². The van der Waals surface area contributed by atoms with E-state index in [1.807, 2.05) is 16.7 Å². The Morgan fingerprint density at radius 2 is 1.90 bits per heavy atom. The maximum atomic E-state index is 12.4. The van der Waals surface area contributed by atoms with Gasteiger partial charge >= 0.3 is 6.36 Å². The van der Waals surface area contributed by atoms with Crippen LogP contribution in [-0.2, 0) is 6.54 Å². The molecule has 5 rings (SSSR count). The summed E-state index contributed by atoms with van der Waals surface area (Å²) in [5, 5.41) is 4.54. The average molecular weight is 446 g/mol. The number of benzene rings is 2. The number of hydrogen-bond acceptors (Lipinski definition) is 5. The molecule has 31 heavy (non-hydrogen) atoms. The summed E-state index contributed by atoms with van der Waals surface area (Å²) < 4.78 is 44.3. The fourth-order valence-electron chi connectivity index (χ4n) is 4.11. The summed E-state index contributed by atoms with van der Waals surface area (Å²) in [6.07, 6.45) is 3.18. The average Bonchev–Trinajstić information content (AvgIpc) is 3.30. The number of aromatic nitrogens is 3. The predicted octanol–water partition coefficient (Wildman–Crippen LogP) is 6.34. The van der Waals surface area contributed by atoms with Gasteiger partial charge in [0.25, 0.3) is 0 Å². The van der Waals surface area contributed by atoms with Crippen LogP contribution >= 0.6 is 11.3 Å². The topological polar surface area (TPSA) is 52.0 Å². The first-order valence-electron chi connectivity index (χ1n) is 10.3. The normalized spacial score (nSPS) is 15.6. The van der Waals surface area contributed by atoms with Gasteiger partial charge in [-0.15, -0.1) is 13.2 Å². The molecule has 1 aliphatic carbocycles. The minimum absolute atomic E-state index is 0.269. The Morgan fingerprint density at radius 1 is 1.06 bits per heavy atom. The standard InChI is InChI=1S/C22H21F3N4OS/c23-22(24,25)30-16-7-9-19-18(11-16)26-13-29(19)12-14-6-8-17-20(10-14)31-21(28-17)27-15-4-2-1-3-5-15/h6-11,13,15H,1-5,12H2,(H,27,28). The quantitative estimate of drug-likeness (QED) is 0.389. The zero-order chi connectivity index (χ0) is 21.4. The monoisotopic (exact) mass is 446 g/mol. The van der Waals surface area contributed by atoms with Crippen molar-refractivity contribution in [3.8, 4) is 5.75 Å². The number of imidazole rings is 1. The van der Waals surface area contributed by atoms with Gasteiger partial charge in [-0.05, 0) is 42.7 Å². The molecular weight excluding hydrogens is 425 g/mol. The highest BCUT2D eigenvalue weighted by Gasteiger charge is 2.31. The second-order valence-corrected chi connectivity index (χ2v) is 8.90. The van der Waals surface area contributed by atoms with Crippen molar-refractivity contribution in [2.45, 2.75) is 51.1 Å². The van der Waals surface area contributed by atoms with Crippen molar-refractivity contribution in [2.75, 3.05) is 5.32 Å². The number of anilines is 1. The largest absolute Gasteiger partial charge is 0.573 e. The molecule has 0 spiro atoms. The summed E-state index contributed by atoms with van der Waals surface area (Å²) >= 11 is 1.66. The fraction of sp³-hybridized carbons (Fsp3) is 0.364. The summed E-state index contributed by atoms with van der Waals surface area (Å²) in [5.41, 5.74) is 3.25. The van der Waals surface area contributed by atoms with Crippen molar-refractivity contribution in [2.24, 2.45) is 0 Å². The molecule has 1 N–H and O–H groups in total. The van der Waals surface area contributed by atoms with Crippen molar-refractivity contribution in [1.29, 1.82) is 0 Å². The molecule has 0 unspecified atom stereocenters. The van der Waals surface area contributed by atoms with E-state index < -0.39 is 6.36 Å². The van der Waals surface area contributed by atoms with Crippen molar-refractivity contribution in [1.82, 2.24) is 14.5 Å². The number of ether oxygens (including phenoxy) is 1. The third-order valence-corrected chi connectivity index (χ3v) is 6.51. The first kappa shape index (κ1) is 20.1. The molecule has 0 atom stereocenters. The highest BCUT2D eigenvalue weighted by Crippen LogP contribution is 2.30. The van der Waals surface area contributed by atoms with Crippen LogP contribution in [-0.4, -0.2) is 26.9 Å². The van der Waals surface area contributed by atoms with Crippen LogP contribution in [0.4, 0.5) is 18.3 Å². The van der Waals surface area contributed by atoms with E-state index in [0.29, 0.717) is 18.1 Å². The van der Waals surface area contributed by atoms with Crippen LogP contribution in [0.2, 0.25) is 0 Å². The molecule has 0 bridgehead atoms. The van der Waals surface area contributed by atoms with E-state index in [4.69, 9.17) is 4.98 Å². The van der Waals surface area contributed by atoms with Gasteiger partial charge in [0.15, 0.2) is 5.13 Å². The van der Waals surface area contributed by atoms with E-state index in [1.165, 1.54) is 44.2 Å². The molecule has 0 saturated heterocycles. The first-order chi connectivity index (χ1) is 14.9. The maximum absolute atomic E-state index is 12.4. The van der Waals surface area contributed by atoms with Crippen LogP contribution in [0.25, 0.3) is 21.3 Å². The second kappa shape index (κ2) is 8.03. The zero-order valence-corrected chi connectivity index (χ0v) is 17.5. The van der Waals surface area contributed by atoms with E-state index >= 15 is 0 Å². The minimum atomic E-state index is -4.72. The third-order valence-electron chi connectivity index (χ3n) is 5.56. The minimum Gasteiger partial charge on any atom is -0.406 e. The van der Waals surface area contributed by atoms with Gasteiger partial charge in [0, 0.05) is 18.7 Å². The highest BCUT2D eigenvalue weighted by molar-refractivity contribution is 7.22. The number of hydrogen-bond donors (Lipinski definition) is 1. The van der Waals surface area contributed by atoms with Crippen LogP contribution in [0, 0.1) is 0 Å². The van der Waals surface area contributed by atoms with E-state index in [1.54, 1.807) is 23.7 Å². The SMILES string of the molecule is FC(F)(F)Oc1ccc2c(c1)ncn2Cc1ccc2nc(NC3CCCCC3)sc2c1. The van der Waals surface area contributed by atoms with E-state index in [2.05, 4.69) is 21.1 Å². The molecule has 9 heteroatoms. The summed E-state index contributed by atoms with van der Waals surface area (Å²) in [5.74, 6) is -0.269. The summed E-state index contributed by atoms with van der Waals surface area (Å²) in [6.45, 7) is 0.565. The lowest BCUT2D eigenvalue weighted by molar-refractivity contribution is -0.274. The number of rotatable bonds is 5. The number of alkyl halides is 3. The van der Waals surface area contributed by atoms with Gasteiger partial charge < -0.3 is 14.6 Å². The lowest BCUT2D eigenvalue weighted by Crippen LogP contribution is -2.21. The van der Waals surface area contributed by atoms with Gasteiger partial charge in [-0.3, -0.25) is 0 Å². The number of nitrogens with one attached hydrogen (secondary N) is 1. The van der Waals surface area contributed by atoms with Gasteiger partial charge in [-0.1, -0.05) is 36.7 Å². The third kappa shape index (κ3) is 4.61. The molecule has 162 valence electrons. The molecule has 2 heterocycles. The maximum Gasteiger partial charge on any atom is 0.573 e. The lowest BCUT2D eigenvalue weighted by atomic mass is 9.96. The van der Waals surface area contributed by atoms with Crippen molar-refractivity contribution < 1.29 is 17.9 Å². The molecule has 2 aromatic heterocycles. The molecule has 1 aliphatic rings. The molecule has 5 nitrogen and oxygen atoms in total. The summed E-state index contributed by atoms with van der Waals surface area (Å²) in [4.78, 5) is 8.95. The molecule has 4 aromatic rings. The summed E-state index contributed by atoms with van der Waals surface area (Å²) in [7, 11) is 0. The Bertz CT molecular complexity index is 1210. The Hall–Kier alpha value is -2.81. The van der Waals surface area contributed by atoms with E-state index in [-0.39, 0.29) is 5.75 Å². The molecule has 0 radical (unpaired) electrons. The smallest absolute Gasteiger partial charge is 0.406 e.